The van der Waals surface area contributed by atoms with Gasteiger partial charge >= 0.3 is 0 Å². The molecule has 0 aromatic heterocycles. The second-order valence-electron chi connectivity index (χ2n) is 8.17. The van der Waals surface area contributed by atoms with E-state index >= 15 is 0 Å². The maximum Gasteiger partial charge on any atom is 0.242 e. The lowest BCUT2D eigenvalue weighted by Gasteiger charge is -2.31. The molecule has 2 aromatic rings. The summed E-state index contributed by atoms with van der Waals surface area (Å²) in [6, 6.07) is 14.8. The molecule has 0 unspecified atom stereocenters. The molecule has 4 nitrogen and oxygen atoms in total. The van der Waals surface area contributed by atoms with Crippen LogP contribution in [0.3, 0.4) is 0 Å². The standard InChI is InChI=1S/C23H29ClN2O2S/c1-16-7-6-8-18(13-16)14-26(17(2)22(28)25-23(3,4)5)21(27)15-29-20-11-9-19(24)10-12-20/h6-13,17H,14-15H2,1-5H3,(H,25,28)/t17-/m0/s1. The molecule has 0 saturated heterocycles. The summed E-state index contributed by atoms with van der Waals surface area (Å²) in [5.74, 6) is 0.0126. The normalized spacial score (nSPS) is 12.3. The molecule has 0 fully saturated rings. The van der Waals surface area contributed by atoms with Crippen molar-refractivity contribution in [2.75, 3.05) is 5.75 Å². The van der Waals surface area contributed by atoms with Crippen LogP contribution in [-0.4, -0.2) is 34.0 Å². The smallest absolute Gasteiger partial charge is 0.242 e. The molecule has 0 spiro atoms. The van der Waals surface area contributed by atoms with E-state index in [1.807, 2.05) is 64.1 Å². The van der Waals surface area contributed by atoms with Gasteiger partial charge in [-0.25, -0.2) is 0 Å². The van der Waals surface area contributed by atoms with Gasteiger partial charge in [-0.05, 0) is 64.4 Å². The Morgan fingerprint density at radius 2 is 1.79 bits per heavy atom. The number of hydrogen-bond acceptors (Lipinski definition) is 3. The Balaban J connectivity index is 2.16. The summed E-state index contributed by atoms with van der Waals surface area (Å²) in [4.78, 5) is 28.4. The van der Waals surface area contributed by atoms with Crippen molar-refractivity contribution in [3.8, 4) is 0 Å². The highest BCUT2D eigenvalue weighted by atomic mass is 35.5. The second kappa shape index (κ2) is 10.2. The zero-order valence-electron chi connectivity index (χ0n) is 17.7. The maximum absolute atomic E-state index is 13.1. The van der Waals surface area contributed by atoms with Crippen LogP contribution in [0.4, 0.5) is 0 Å². The van der Waals surface area contributed by atoms with Gasteiger partial charge in [-0.2, -0.15) is 0 Å². The van der Waals surface area contributed by atoms with E-state index < -0.39 is 6.04 Å². The highest BCUT2D eigenvalue weighted by Crippen LogP contribution is 2.22. The van der Waals surface area contributed by atoms with Crippen LogP contribution in [0, 0.1) is 6.92 Å². The van der Waals surface area contributed by atoms with E-state index in [1.165, 1.54) is 11.8 Å². The van der Waals surface area contributed by atoms with Crippen LogP contribution in [0.2, 0.25) is 5.02 Å². The molecule has 0 heterocycles. The van der Waals surface area contributed by atoms with Crippen molar-refractivity contribution in [3.05, 3.63) is 64.7 Å². The summed E-state index contributed by atoms with van der Waals surface area (Å²) in [5, 5.41) is 3.64. The molecule has 0 saturated carbocycles. The molecule has 29 heavy (non-hydrogen) atoms. The fourth-order valence-corrected chi connectivity index (χ4v) is 3.73. The fourth-order valence-electron chi connectivity index (χ4n) is 2.82. The summed E-state index contributed by atoms with van der Waals surface area (Å²) in [7, 11) is 0. The summed E-state index contributed by atoms with van der Waals surface area (Å²) in [6.45, 7) is 9.98. The van der Waals surface area contributed by atoms with Gasteiger partial charge in [0.15, 0.2) is 0 Å². The van der Waals surface area contributed by atoms with Crippen LogP contribution in [0.5, 0.6) is 0 Å². The molecule has 0 aliphatic rings. The molecule has 156 valence electrons. The van der Waals surface area contributed by atoms with E-state index in [2.05, 4.69) is 5.32 Å². The first-order chi connectivity index (χ1) is 13.5. The lowest BCUT2D eigenvalue weighted by atomic mass is 10.1. The van der Waals surface area contributed by atoms with E-state index in [9.17, 15) is 9.59 Å². The van der Waals surface area contributed by atoms with Crippen molar-refractivity contribution in [3.63, 3.8) is 0 Å². The Kier molecular flexibility index (Phi) is 8.17. The Morgan fingerprint density at radius 3 is 2.38 bits per heavy atom. The van der Waals surface area contributed by atoms with Crippen LogP contribution >= 0.6 is 23.4 Å². The number of carbonyl (C=O) groups is 2. The molecule has 0 bridgehead atoms. The number of halogens is 1. The monoisotopic (exact) mass is 432 g/mol. The van der Waals surface area contributed by atoms with Gasteiger partial charge in [0.1, 0.15) is 6.04 Å². The summed E-state index contributed by atoms with van der Waals surface area (Å²) >= 11 is 7.37. The van der Waals surface area contributed by atoms with E-state index in [0.29, 0.717) is 11.6 Å². The lowest BCUT2D eigenvalue weighted by Crippen LogP contribution is -2.52. The van der Waals surface area contributed by atoms with Crippen LogP contribution in [-0.2, 0) is 16.1 Å². The molecular weight excluding hydrogens is 404 g/mol. The fraction of sp³-hybridized carbons (Fsp3) is 0.391. The predicted octanol–water partition coefficient (Wildman–Crippen LogP) is 5.07. The lowest BCUT2D eigenvalue weighted by molar-refractivity contribution is -0.139. The quantitative estimate of drug-likeness (QED) is 0.621. The number of aryl methyl sites for hydroxylation is 1. The average Bonchev–Trinajstić information content (AvgIpc) is 2.63. The third-order valence-electron chi connectivity index (χ3n) is 4.28. The minimum absolute atomic E-state index is 0.0805. The van der Waals surface area contributed by atoms with Gasteiger partial charge in [0.2, 0.25) is 11.8 Å². The van der Waals surface area contributed by atoms with Crippen molar-refractivity contribution in [2.24, 2.45) is 0 Å². The number of hydrogen-bond donors (Lipinski definition) is 1. The van der Waals surface area contributed by atoms with Crippen molar-refractivity contribution < 1.29 is 9.59 Å². The van der Waals surface area contributed by atoms with Crippen molar-refractivity contribution in [2.45, 2.75) is 57.6 Å². The largest absolute Gasteiger partial charge is 0.350 e. The van der Waals surface area contributed by atoms with Gasteiger partial charge in [0.05, 0.1) is 5.75 Å². The van der Waals surface area contributed by atoms with Gasteiger partial charge in [0, 0.05) is 22.0 Å². The van der Waals surface area contributed by atoms with Crippen LogP contribution < -0.4 is 5.32 Å². The molecule has 2 rings (SSSR count). The minimum atomic E-state index is -0.576. The molecule has 2 amide bonds. The molecule has 2 aromatic carbocycles. The summed E-state index contributed by atoms with van der Waals surface area (Å²) in [5.41, 5.74) is 1.77. The topological polar surface area (TPSA) is 49.4 Å². The number of nitrogens with one attached hydrogen (secondary N) is 1. The zero-order valence-corrected chi connectivity index (χ0v) is 19.2. The summed E-state index contributed by atoms with van der Waals surface area (Å²) in [6.07, 6.45) is 0. The molecule has 0 aliphatic heterocycles. The Bertz CT molecular complexity index is 847. The first kappa shape index (κ1) is 23.3. The van der Waals surface area contributed by atoms with Gasteiger partial charge in [-0.3, -0.25) is 9.59 Å². The van der Waals surface area contributed by atoms with E-state index in [1.54, 1.807) is 24.0 Å². The van der Waals surface area contributed by atoms with E-state index in [0.717, 1.165) is 16.0 Å². The predicted molar refractivity (Wildman–Crippen MR) is 121 cm³/mol. The van der Waals surface area contributed by atoms with Gasteiger partial charge in [-0.15, -0.1) is 11.8 Å². The molecule has 6 heteroatoms. The first-order valence-electron chi connectivity index (χ1n) is 9.60. The SMILES string of the molecule is Cc1cccc(CN(C(=O)CSc2ccc(Cl)cc2)[C@@H](C)C(=O)NC(C)(C)C)c1. The number of benzene rings is 2. The molecule has 1 atom stereocenters. The number of carbonyl (C=O) groups excluding carboxylic acids is 2. The Hall–Kier alpha value is -1.98. The second-order valence-corrected chi connectivity index (χ2v) is 9.65. The van der Waals surface area contributed by atoms with Crippen LogP contribution in [0.15, 0.2) is 53.4 Å². The highest BCUT2D eigenvalue weighted by molar-refractivity contribution is 8.00. The van der Waals surface area contributed by atoms with Crippen molar-refractivity contribution in [1.82, 2.24) is 10.2 Å². The number of rotatable bonds is 7. The number of thioether (sulfide) groups is 1. The first-order valence-corrected chi connectivity index (χ1v) is 11.0. The third-order valence-corrected chi connectivity index (χ3v) is 5.53. The molecule has 1 N–H and O–H groups in total. The number of nitrogens with zero attached hydrogens (tertiary/aromatic N) is 1. The third kappa shape index (κ3) is 7.75. The Morgan fingerprint density at radius 1 is 1.14 bits per heavy atom. The van der Waals surface area contributed by atoms with Crippen molar-refractivity contribution in [1.29, 1.82) is 0 Å². The van der Waals surface area contributed by atoms with Gasteiger partial charge in [0.25, 0.3) is 0 Å². The van der Waals surface area contributed by atoms with Gasteiger partial charge in [-0.1, -0.05) is 41.4 Å². The zero-order chi connectivity index (χ0) is 21.6. The number of amides is 2. The molecule has 0 aliphatic carbocycles. The van der Waals surface area contributed by atoms with E-state index in [4.69, 9.17) is 11.6 Å². The molecular formula is C23H29ClN2O2S. The van der Waals surface area contributed by atoms with E-state index in [-0.39, 0.29) is 23.1 Å². The minimum Gasteiger partial charge on any atom is -0.350 e. The van der Waals surface area contributed by atoms with Crippen molar-refractivity contribution >= 4 is 35.2 Å². The van der Waals surface area contributed by atoms with Crippen LogP contribution in [0.25, 0.3) is 0 Å². The highest BCUT2D eigenvalue weighted by Gasteiger charge is 2.28. The average molecular weight is 433 g/mol. The maximum atomic E-state index is 13.1. The van der Waals surface area contributed by atoms with Crippen LogP contribution in [0.1, 0.15) is 38.8 Å². The Labute approximate surface area is 183 Å². The van der Waals surface area contributed by atoms with Gasteiger partial charge < -0.3 is 10.2 Å². The summed E-state index contributed by atoms with van der Waals surface area (Å²) < 4.78 is 0. The molecule has 0 radical (unpaired) electrons.